The number of amides is 1. The first-order chi connectivity index (χ1) is 6.04. The molecule has 0 aromatic heterocycles. The van der Waals surface area contributed by atoms with Gasteiger partial charge in [0.25, 0.3) is 0 Å². The van der Waals surface area contributed by atoms with Crippen LogP contribution in [0.1, 0.15) is 19.8 Å². The number of carbonyl (C=O) groups excluding carboxylic acids is 1. The minimum absolute atomic E-state index is 0.264. The average Bonchev–Trinajstić information content (AvgIpc) is 2.02. The summed E-state index contributed by atoms with van der Waals surface area (Å²) in [6, 6.07) is -0.860. The van der Waals surface area contributed by atoms with Crippen LogP contribution in [0.5, 0.6) is 0 Å². The van der Waals surface area contributed by atoms with E-state index in [0.29, 0.717) is 12.8 Å². The van der Waals surface area contributed by atoms with Crippen molar-refractivity contribution in [3.63, 3.8) is 0 Å². The van der Waals surface area contributed by atoms with E-state index in [1.54, 1.807) is 0 Å². The van der Waals surface area contributed by atoms with Gasteiger partial charge in [-0.25, -0.2) is 5.48 Å². The van der Waals surface area contributed by atoms with Gasteiger partial charge in [-0.2, -0.15) is 0 Å². The molecule has 4 N–H and O–H groups in total. The van der Waals surface area contributed by atoms with Crippen molar-refractivity contribution in [3.05, 3.63) is 0 Å². The SMILES string of the molecule is CC(=O)NOCCC[C@H](N)C(=O)O. The molecule has 0 aliphatic carbocycles. The largest absolute Gasteiger partial charge is 0.480 e. The van der Waals surface area contributed by atoms with Crippen LogP contribution < -0.4 is 11.2 Å². The Hall–Kier alpha value is -1.14. The Morgan fingerprint density at radius 3 is 2.69 bits per heavy atom. The van der Waals surface area contributed by atoms with Gasteiger partial charge in [-0.3, -0.25) is 14.4 Å². The summed E-state index contributed by atoms with van der Waals surface area (Å²) in [5.74, 6) is -1.32. The lowest BCUT2D eigenvalue weighted by atomic mass is 10.2. The molecule has 0 spiro atoms. The minimum Gasteiger partial charge on any atom is -0.480 e. The number of rotatable bonds is 6. The fourth-order valence-electron chi connectivity index (χ4n) is 0.652. The molecule has 0 aromatic carbocycles. The van der Waals surface area contributed by atoms with E-state index in [4.69, 9.17) is 10.8 Å². The number of carbonyl (C=O) groups is 2. The third-order valence-electron chi connectivity index (χ3n) is 1.29. The van der Waals surface area contributed by atoms with E-state index < -0.39 is 12.0 Å². The predicted molar refractivity (Wildman–Crippen MR) is 44.6 cm³/mol. The smallest absolute Gasteiger partial charge is 0.320 e. The quantitative estimate of drug-likeness (QED) is 0.377. The summed E-state index contributed by atoms with van der Waals surface area (Å²) in [4.78, 5) is 25.2. The summed E-state index contributed by atoms with van der Waals surface area (Å²) in [5, 5.41) is 8.39. The Morgan fingerprint density at radius 1 is 1.62 bits per heavy atom. The molecule has 0 fully saturated rings. The minimum atomic E-state index is -1.03. The molecule has 0 saturated carbocycles. The van der Waals surface area contributed by atoms with Crippen LogP contribution in [0.15, 0.2) is 0 Å². The molecular formula is C7H14N2O4. The van der Waals surface area contributed by atoms with Crippen molar-refractivity contribution in [2.75, 3.05) is 6.61 Å². The highest BCUT2D eigenvalue weighted by molar-refractivity contribution is 5.73. The van der Waals surface area contributed by atoms with E-state index in [1.165, 1.54) is 6.92 Å². The number of carboxylic acids is 1. The van der Waals surface area contributed by atoms with Crippen molar-refractivity contribution < 1.29 is 19.5 Å². The Bertz CT molecular complexity index is 183. The molecule has 0 aliphatic heterocycles. The van der Waals surface area contributed by atoms with Gasteiger partial charge in [-0.05, 0) is 12.8 Å². The van der Waals surface area contributed by atoms with E-state index in [-0.39, 0.29) is 12.5 Å². The van der Waals surface area contributed by atoms with Gasteiger partial charge < -0.3 is 10.8 Å². The Morgan fingerprint density at radius 2 is 2.23 bits per heavy atom. The standard InChI is InChI=1S/C7H14N2O4/c1-5(10)9-13-4-2-3-6(8)7(11)12/h6H,2-4,8H2,1H3,(H,9,10)(H,11,12)/t6-/m0/s1. The number of nitrogens with two attached hydrogens (primary N) is 1. The van der Waals surface area contributed by atoms with Gasteiger partial charge in [0.15, 0.2) is 0 Å². The molecule has 0 saturated heterocycles. The molecule has 0 radical (unpaired) electrons. The van der Waals surface area contributed by atoms with Gasteiger partial charge in [0, 0.05) is 6.92 Å². The fourth-order valence-corrected chi connectivity index (χ4v) is 0.652. The maximum absolute atomic E-state index is 10.3. The second kappa shape index (κ2) is 6.38. The number of nitrogens with one attached hydrogen (secondary N) is 1. The molecular weight excluding hydrogens is 176 g/mol. The normalized spacial score (nSPS) is 12.2. The summed E-state index contributed by atoms with van der Waals surface area (Å²) in [6.07, 6.45) is 0.822. The van der Waals surface area contributed by atoms with E-state index in [9.17, 15) is 9.59 Å². The zero-order valence-electron chi connectivity index (χ0n) is 7.45. The zero-order chi connectivity index (χ0) is 10.3. The number of hydrogen-bond acceptors (Lipinski definition) is 4. The van der Waals surface area contributed by atoms with Crippen LogP contribution in [0.2, 0.25) is 0 Å². The van der Waals surface area contributed by atoms with Gasteiger partial charge >= 0.3 is 5.97 Å². The first kappa shape index (κ1) is 11.9. The molecule has 76 valence electrons. The average molecular weight is 190 g/mol. The van der Waals surface area contributed by atoms with Crippen LogP contribution in [-0.4, -0.2) is 29.6 Å². The molecule has 13 heavy (non-hydrogen) atoms. The second-order valence-corrected chi connectivity index (χ2v) is 2.59. The topological polar surface area (TPSA) is 102 Å². The van der Waals surface area contributed by atoms with Crippen LogP contribution in [-0.2, 0) is 14.4 Å². The van der Waals surface area contributed by atoms with Gasteiger partial charge in [-0.15, -0.1) is 0 Å². The Kier molecular flexibility index (Phi) is 5.82. The first-order valence-electron chi connectivity index (χ1n) is 3.90. The fraction of sp³-hybridized carbons (Fsp3) is 0.714. The van der Waals surface area contributed by atoms with Crippen molar-refractivity contribution in [1.29, 1.82) is 0 Å². The molecule has 0 aromatic rings. The molecule has 6 nitrogen and oxygen atoms in total. The Balaban J connectivity index is 3.26. The monoisotopic (exact) mass is 190 g/mol. The van der Waals surface area contributed by atoms with E-state index in [2.05, 4.69) is 10.3 Å². The van der Waals surface area contributed by atoms with Crippen LogP contribution >= 0.6 is 0 Å². The van der Waals surface area contributed by atoms with Crippen molar-refractivity contribution in [2.45, 2.75) is 25.8 Å². The summed E-state index contributed by atoms with van der Waals surface area (Å²) in [5.41, 5.74) is 7.34. The molecule has 0 heterocycles. The van der Waals surface area contributed by atoms with E-state index in [1.807, 2.05) is 0 Å². The molecule has 6 heteroatoms. The summed E-state index contributed by atoms with van der Waals surface area (Å²) in [7, 11) is 0. The highest BCUT2D eigenvalue weighted by Gasteiger charge is 2.09. The van der Waals surface area contributed by atoms with E-state index >= 15 is 0 Å². The van der Waals surface area contributed by atoms with E-state index in [0.717, 1.165) is 0 Å². The molecule has 1 amide bonds. The molecule has 0 rings (SSSR count). The number of carboxylic acid groups (broad SMARTS) is 1. The summed E-state index contributed by atoms with van der Waals surface area (Å²) >= 11 is 0. The lowest BCUT2D eigenvalue weighted by Crippen LogP contribution is -2.30. The lowest BCUT2D eigenvalue weighted by molar-refractivity contribution is -0.139. The van der Waals surface area contributed by atoms with Gasteiger partial charge in [0.05, 0.1) is 6.61 Å². The van der Waals surface area contributed by atoms with Crippen LogP contribution in [0.25, 0.3) is 0 Å². The van der Waals surface area contributed by atoms with Crippen LogP contribution in [0.3, 0.4) is 0 Å². The van der Waals surface area contributed by atoms with Crippen LogP contribution in [0, 0.1) is 0 Å². The van der Waals surface area contributed by atoms with Gasteiger partial charge in [0.1, 0.15) is 6.04 Å². The number of aliphatic carboxylic acids is 1. The second-order valence-electron chi connectivity index (χ2n) is 2.59. The van der Waals surface area contributed by atoms with Gasteiger partial charge in [-0.1, -0.05) is 0 Å². The predicted octanol–water partition coefficient (Wildman–Crippen LogP) is -0.754. The van der Waals surface area contributed by atoms with Gasteiger partial charge in [0.2, 0.25) is 5.91 Å². The maximum Gasteiger partial charge on any atom is 0.320 e. The lowest BCUT2D eigenvalue weighted by Gasteiger charge is -2.06. The Labute approximate surface area is 76.0 Å². The number of hydroxylamine groups is 1. The zero-order valence-corrected chi connectivity index (χ0v) is 7.45. The highest BCUT2D eigenvalue weighted by atomic mass is 16.6. The maximum atomic E-state index is 10.3. The number of hydrogen-bond donors (Lipinski definition) is 3. The molecule has 0 aliphatic rings. The molecule has 1 atom stereocenters. The van der Waals surface area contributed by atoms with Crippen molar-refractivity contribution in [2.24, 2.45) is 5.73 Å². The van der Waals surface area contributed by atoms with Crippen molar-refractivity contribution >= 4 is 11.9 Å². The van der Waals surface area contributed by atoms with Crippen molar-refractivity contribution in [3.8, 4) is 0 Å². The summed E-state index contributed by atoms with van der Waals surface area (Å²) in [6.45, 7) is 1.59. The third-order valence-corrected chi connectivity index (χ3v) is 1.29. The van der Waals surface area contributed by atoms with Crippen molar-refractivity contribution in [1.82, 2.24) is 5.48 Å². The first-order valence-corrected chi connectivity index (χ1v) is 3.90. The summed E-state index contributed by atoms with van der Waals surface area (Å²) < 4.78 is 0. The molecule has 0 unspecified atom stereocenters. The third kappa shape index (κ3) is 7.23. The van der Waals surface area contributed by atoms with Crippen LogP contribution in [0.4, 0.5) is 0 Å². The molecule has 0 bridgehead atoms. The highest BCUT2D eigenvalue weighted by Crippen LogP contribution is 1.94.